The summed E-state index contributed by atoms with van der Waals surface area (Å²) in [5.41, 5.74) is 0. The summed E-state index contributed by atoms with van der Waals surface area (Å²) in [5, 5.41) is 0. The van der Waals surface area contributed by atoms with Crippen LogP contribution in [0.2, 0.25) is 0 Å². The molecule has 2 saturated heterocycles. The topological polar surface area (TPSA) is 37.8 Å². The maximum atomic E-state index is 5.86. The molecule has 2 fully saturated rings. The zero-order valence-corrected chi connectivity index (χ0v) is 13.0. The Hall–Kier alpha value is -0.600. The first kappa shape index (κ1) is 14.8. The number of morpholine rings is 2. The van der Waals surface area contributed by atoms with Gasteiger partial charge in [-0.2, -0.15) is 0 Å². The summed E-state index contributed by atoms with van der Waals surface area (Å²) >= 11 is 0. The fourth-order valence-electron chi connectivity index (χ4n) is 2.25. The van der Waals surface area contributed by atoms with E-state index < -0.39 is 0 Å². The minimum absolute atomic E-state index is 0. The van der Waals surface area contributed by atoms with Gasteiger partial charge < -0.3 is 42.8 Å². The molecule has 0 spiro atoms. The Morgan fingerprint density at radius 1 is 1.00 bits per heavy atom. The van der Waals surface area contributed by atoms with Gasteiger partial charge in [0.05, 0.1) is 13.2 Å². The summed E-state index contributed by atoms with van der Waals surface area (Å²) in [4.78, 5) is 2.22. The molecule has 0 aliphatic carbocycles. The Labute approximate surface area is 130 Å². The lowest BCUT2D eigenvalue weighted by Gasteiger charge is -2.26. The third-order valence-corrected chi connectivity index (χ3v) is 3.29. The van der Waals surface area contributed by atoms with Crippen LogP contribution in [0.3, 0.4) is 0 Å². The van der Waals surface area contributed by atoms with Crippen LogP contribution in [0.1, 0.15) is 5.76 Å². The lowest BCUT2D eigenvalue weighted by molar-refractivity contribution is -0.544. The van der Waals surface area contributed by atoms with Gasteiger partial charge in [-0.05, 0) is 6.07 Å². The highest BCUT2D eigenvalue weighted by Crippen LogP contribution is 2.18. The molecule has 0 N–H and O–H groups in total. The molecular formula is C13H19IN2O3. The highest BCUT2D eigenvalue weighted by atomic mass is 127. The van der Waals surface area contributed by atoms with Crippen LogP contribution in [0.25, 0.3) is 0 Å². The number of hydrogen-bond donors (Lipinski definition) is 0. The first-order valence-electron chi connectivity index (χ1n) is 6.51. The molecular weight excluding hydrogens is 359 g/mol. The van der Waals surface area contributed by atoms with E-state index in [1.165, 1.54) is 0 Å². The fourth-order valence-corrected chi connectivity index (χ4v) is 2.25. The van der Waals surface area contributed by atoms with Crippen molar-refractivity contribution in [3.8, 4) is 0 Å². The summed E-state index contributed by atoms with van der Waals surface area (Å²) in [6, 6.07) is 4.07. The molecule has 5 nitrogen and oxygen atoms in total. The van der Waals surface area contributed by atoms with E-state index in [1.54, 1.807) is 0 Å². The first-order valence-corrected chi connectivity index (χ1v) is 6.51. The molecule has 1 aromatic rings. The van der Waals surface area contributed by atoms with E-state index in [1.807, 2.05) is 12.1 Å². The zero-order chi connectivity index (χ0) is 12.2. The van der Waals surface area contributed by atoms with Crippen molar-refractivity contribution in [3.05, 3.63) is 17.9 Å². The number of hydrogen-bond acceptors (Lipinski definition) is 4. The van der Waals surface area contributed by atoms with Crippen LogP contribution in [-0.4, -0.2) is 63.4 Å². The predicted octanol–water partition coefficient (Wildman–Crippen LogP) is -2.42. The van der Waals surface area contributed by atoms with E-state index in [9.17, 15) is 0 Å². The summed E-state index contributed by atoms with van der Waals surface area (Å²) in [6.45, 7) is 6.85. The molecule has 0 atom stereocenters. The van der Waals surface area contributed by atoms with Crippen molar-refractivity contribution in [2.75, 3.05) is 57.5 Å². The largest absolute Gasteiger partial charge is 1.00 e. The van der Waals surface area contributed by atoms with Crippen LogP contribution >= 0.6 is 0 Å². The third kappa shape index (κ3) is 3.93. The van der Waals surface area contributed by atoms with Gasteiger partial charge in [0.2, 0.25) is 6.21 Å². The van der Waals surface area contributed by atoms with Gasteiger partial charge in [0, 0.05) is 19.2 Å². The molecule has 0 saturated carbocycles. The summed E-state index contributed by atoms with van der Waals surface area (Å²) < 4.78 is 18.8. The number of ether oxygens (including phenoxy) is 2. The van der Waals surface area contributed by atoms with Crippen molar-refractivity contribution < 1.29 is 42.4 Å². The maximum Gasteiger partial charge on any atom is 0.206 e. The van der Waals surface area contributed by atoms with E-state index in [0.717, 1.165) is 64.3 Å². The Kier molecular flexibility index (Phi) is 5.65. The molecule has 0 amide bonds. The second-order valence-corrected chi connectivity index (χ2v) is 4.55. The molecule has 6 heteroatoms. The number of rotatable bonds is 2. The number of anilines is 1. The van der Waals surface area contributed by atoms with Crippen LogP contribution < -0.4 is 28.9 Å². The molecule has 19 heavy (non-hydrogen) atoms. The molecule has 0 unspecified atom stereocenters. The first-order chi connectivity index (χ1) is 8.92. The molecule has 3 heterocycles. The van der Waals surface area contributed by atoms with Crippen molar-refractivity contribution in [2.24, 2.45) is 0 Å². The van der Waals surface area contributed by atoms with Crippen molar-refractivity contribution in [1.29, 1.82) is 0 Å². The van der Waals surface area contributed by atoms with Gasteiger partial charge in [-0.25, -0.2) is 4.58 Å². The minimum atomic E-state index is 0. The normalized spacial score (nSPS) is 20.0. The molecule has 1 aromatic heterocycles. The van der Waals surface area contributed by atoms with Crippen molar-refractivity contribution >= 4 is 12.1 Å². The third-order valence-electron chi connectivity index (χ3n) is 3.29. The van der Waals surface area contributed by atoms with E-state index in [0.29, 0.717) is 0 Å². The van der Waals surface area contributed by atoms with Gasteiger partial charge in [0.1, 0.15) is 13.2 Å². The fraction of sp³-hybridized carbons (Fsp3) is 0.615. The molecule has 0 aromatic carbocycles. The average Bonchev–Trinajstić information content (AvgIpc) is 2.89. The van der Waals surface area contributed by atoms with Gasteiger partial charge in [-0.1, -0.05) is 0 Å². The van der Waals surface area contributed by atoms with Crippen molar-refractivity contribution in [3.63, 3.8) is 0 Å². The SMILES string of the molecule is C(c1ccc(N2CCOCC2)o1)=[N+]1CCOCC1.[I-]. The highest BCUT2D eigenvalue weighted by Gasteiger charge is 2.16. The molecule has 2 aliphatic rings. The second kappa shape index (κ2) is 7.25. The van der Waals surface area contributed by atoms with Crippen LogP contribution in [0, 0.1) is 0 Å². The lowest BCUT2D eigenvalue weighted by atomic mass is 10.4. The standard InChI is InChI=1S/C13H19N2O3.HI/c1-2-13(15-5-9-17-10-6-15)18-12(1)11-14-3-7-16-8-4-14;/h1-2,11H,3-10H2;1H/q+1;/p-1. The summed E-state index contributed by atoms with van der Waals surface area (Å²) in [6.07, 6.45) is 2.08. The number of furan rings is 1. The van der Waals surface area contributed by atoms with Gasteiger partial charge in [0.15, 0.2) is 24.7 Å². The predicted molar refractivity (Wildman–Crippen MR) is 67.7 cm³/mol. The maximum absolute atomic E-state index is 5.86. The molecule has 0 radical (unpaired) electrons. The summed E-state index contributed by atoms with van der Waals surface area (Å²) in [5.74, 6) is 1.86. The van der Waals surface area contributed by atoms with E-state index >= 15 is 0 Å². The molecule has 106 valence electrons. The van der Waals surface area contributed by atoms with Crippen LogP contribution in [0.4, 0.5) is 5.88 Å². The monoisotopic (exact) mass is 378 g/mol. The zero-order valence-electron chi connectivity index (χ0n) is 10.9. The van der Waals surface area contributed by atoms with Gasteiger partial charge in [-0.15, -0.1) is 0 Å². The quantitative estimate of drug-likeness (QED) is 0.424. The van der Waals surface area contributed by atoms with Gasteiger partial charge in [0.25, 0.3) is 0 Å². The number of halogens is 1. The van der Waals surface area contributed by atoms with Gasteiger partial charge in [-0.3, -0.25) is 0 Å². The van der Waals surface area contributed by atoms with Crippen LogP contribution in [-0.2, 0) is 9.47 Å². The highest BCUT2D eigenvalue weighted by molar-refractivity contribution is 5.72. The molecule has 3 rings (SSSR count). The lowest BCUT2D eigenvalue weighted by Crippen LogP contribution is -3.00. The van der Waals surface area contributed by atoms with E-state index in [-0.39, 0.29) is 24.0 Å². The Balaban J connectivity index is 0.00000133. The number of nitrogens with zero attached hydrogens (tertiary/aromatic N) is 2. The smallest absolute Gasteiger partial charge is 0.206 e. The Morgan fingerprint density at radius 3 is 2.42 bits per heavy atom. The molecule has 2 aliphatic heterocycles. The van der Waals surface area contributed by atoms with Crippen LogP contribution in [0.15, 0.2) is 16.5 Å². The summed E-state index contributed by atoms with van der Waals surface area (Å²) in [7, 11) is 0. The second-order valence-electron chi connectivity index (χ2n) is 4.55. The molecule has 0 bridgehead atoms. The minimum Gasteiger partial charge on any atom is -1.00 e. The van der Waals surface area contributed by atoms with E-state index in [2.05, 4.69) is 15.7 Å². The van der Waals surface area contributed by atoms with Crippen molar-refractivity contribution in [2.45, 2.75) is 0 Å². The van der Waals surface area contributed by atoms with E-state index in [4.69, 9.17) is 13.9 Å². The van der Waals surface area contributed by atoms with Crippen LogP contribution in [0.5, 0.6) is 0 Å². The van der Waals surface area contributed by atoms with Crippen molar-refractivity contribution in [1.82, 2.24) is 0 Å². The van der Waals surface area contributed by atoms with Gasteiger partial charge >= 0.3 is 0 Å². The average molecular weight is 378 g/mol. The Bertz CT molecular complexity index is 419. The Morgan fingerprint density at radius 2 is 1.68 bits per heavy atom.